The number of hydrazone groups is 1. The predicted octanol–water partition coefficient (Wildman–Crippen LogP) is 1.71. The van der Waals surface area contributed by atoms with Gasteiger partial charge in [0.25, 0.3) is 5.91 Å². The Bertz CT molecular complexity index is 604. The van der Waals surface area contributed by atoms with Crippen LogP contribution in [0.3, 0.4) is 0 Å². The molecule has 9 heteroatoms. The average Bonchev–Trinajstić information content (AvgIpc) is 2.56. The summed E-state index contributed by atoms with van der Waals surface area (Å²) in [5.41, 5.74) is 3.14. The molecule has 1 fully saturated rings. The number of nitrogens with zero attached hydrogens (tertiary/aromatic N) is 2. The van der Waals surface area contributed by atoms with Crippen molar-refractivity contribution in [1.29, 1.82) is 0 Å². The van der Waals surface area contributed by atoms with Gasteiger partial charge in [0.2, 0.25) is 0 Å². The van der Waals surface area contributed by atoms with Gasteiger partial charge >= 0.3 is 0 Å². The Kier molecular flexibility index (Phi) is 6.82. The molecule has 1 amide bonds. The van der Waals surface area contributed by atoms with Gasteiger partial charge in [-0.25, -0.2) is 5.43 Å². The van der Waals surface area contributed by atoms with Crippen LogP contribution in [-0.4, -0.2) is 62.1 Å². The van der Waals surface area contributed by atoms with Crippen molar-refractivity contribution in [3.63, 3.8) is 0 Å². The molecule has 2 N–H and O–H groups in total. The average molecular weight is 451 g/mol. The van der Waals surface area contributed by atoms with Crippen molar-refractivity contribution in [3.05, 3.63) is 20.6 Å². The van der Waals surface area contributed by atoms with E-state index < -0.39 is 0 Å². The fraction of sp³-hybridized carbons (Fsp3) is 0.429. The fourth-order valence-electron chi connectivity index (χ4n) is 2.03. The van der Waals surface area contributed by atoms with Gasteiger partial charge in [-0.05, 0) is 37.9 Å². The van der Waals surface area contributed by atoms with E-state index in [0.29, 0.717) is 33.5 Å². The molecular weight excluding hydrogens is 434 g/mol. The van der Waals surface area contributed by atoms with Crippen molar-refractivity contribution in [3.8, 4) is 11.5 Å². The van der Waals surface area contributed by atoms with Crippen LogP contribution in [0.1, 0.15) is 5.56 Å². The number of amides is 1. The highest BCUT2D eigenvalue weighted by molar-refractivity contribution is 9.13. The summed E-state index contributed by atoms with van der Waals surface area (Å²) < 4.78 is 11.4. The molecule has 0 atom stereocenters. The zero-order chi connectivity index (χ0) is 16.8. The molecule has 126 valence electrons. The molecule has 0 bridgehead atoms. The van der Waals surface area contributed by atoms with Gasteiger partial charge in [0.05, 0.1) is 37.6 Å². The van der Waals surface area contributed by atoms with E-state index in [2.05, 4.69) is 42.4 Å². The lowest BCUT2D eigenvalue weighted by Crippen LogP contribution is -2.42. The van der Waals surface area contributed by atoms with Crippen molar-refractivity contribution < 1.29 is 19.4 Å². The smallest absolute Gasteiger partial charge is 0.254 e. The lowest BCUT2D eigenvalue weighted by atomic mass is 10.2. The Morgan fingerprint density at radius 3 is 2.83 bits per heavy atom. The molecule has 0 unspecified atom stereocenters. The first kappa shape index (κ1) is 18.2. The molecule has 1 saturated heterocycles. The van der Waals surface area contributed by atoms with Crippen molar-refractivity contribution in [2.24, 2.45) is 5.10 Å². The Balaban J connectivity index is 1.97. The maximum Gasteiger partial charge on any atom is 0.254 e. The maximum atomic E-state index is 11.8. The number of hydrogen-bond acceptors (Lipinski definition) is 6. The summed E-state index contributed by atoms with van der Waals surface area (Å²) in [7, 11) is 1.46. The van der Waals surface area contributed by atoms with E-state index in [4.69, 9.17) is 9.47 Å². The van der Waals surface area contributed by atoms with Gasteiger partial charge in [-0.15, -0.1) is 0 Å². The van der Waals surface area contributed by atoms with E-state index in [0.717, 1.165) is 13.1 Å². The van der Waals surface area contributed by atoms with Crippen LogP contribution in [0, 0.1) is 0 Å². The number of carbonyl (C=O) groups is 1. The highest BCUT2D eigenvalue weighted by Crippen LogP contribution is 2.41. The third-order valence-corrected chi connectivity index (χ3v) is 5.42. The second kappa shape index (κ2) is 8.62. The Hall–Kier alpha value is -1.16. The van der Waals surface area contributed by atoms with Gasteiger partial charge in [0.15, 0.2) is 11.5 Å². The molecule has 23 heavy (non-hydrogen) atoms. The lowest BCUT2D eigenvalue weighted by Gasteiger charge is -2.25. The number of phenols is 1. The topological polar surface area (TPSA) is 83.4 Å². The summed E-state index contributed by atoms with van der Waals surface area (Å²) in [6, 6.07) is 1.61. The largest absolute Gasteiger partial charge is 0.503 e. The number of aromatic hydroxyl groups is 1. The molecule has 1 aromatic carbocycles. The van der Waals surface area contributed by atoms with Crippen LogP contribution in [0.5, 0.6) is 11.5 Å². The first-order valence-corrected chi connectivity index (χ1v) is 8.48. The van der Waals surface area contributed by atoms with Gasteiger partial charge in [-0.1, -0.05) is 0 Å². The van der Waals surface area contributed by atoms with Gasteiger partial charge < -0.3 is 14.6 Å². The summed E-state index contributed by atoms with van der Waals surface area (Å²) in [6.07, 6.45) is 1.48. The molecule has 1 aliphatic heterocycles. The van der Waals surface area contributed by atoms with Crippen LogP contribution in [-0.2, 0) is 9.53 Å². The van der Waals surface area contributed by atoms with E-state index in [9.17, 15) is 9.90 Å². The van der Waals surface area contributed by atoms with E-state index in [1.807, 2.05) is 4.90 Å². The third-order valence-electron chi connectivity index (χ3n) is 3.26. The van der Waals surface area contributed by atoms with Crippen molar-refractivity contribution in [2.75, 3.05) is 40.0 Å². The molecule has 1 aliphatic rings. The number of methoxy groups -OCH3 is 1. The molecule has 1 aromatic rings. The standard InChI is InChI=1S/C14H17Br2N3O4/c1-22-10-6-9(12(15)13(16)14(10)21)7-17-18-11(20)8-19-2-4-23-5-3-19/h6-7,21H,2-5,8H2,1H3,(H,18,20)/b17-7+. The Labute approximate surface area is 150 Å². The Morgan fingerprint density at radius 2 is 2.17 bits per heavy atom. The normalized spacial score (nSPS) is 15.8. The zero-order valence-corrected chi connectivity index (χ0v) is 15.7. The van der Waals surface area contributed by atoms with E-state index in [1.54, 1.807) is 6.07 Å². The molecule has 0 aliphatic carbocycles. The second-order valence-electron chi connectivity index (χ2n) is 4.83. The molecular formula is C14H17Br2N3O4. The maximum absolute atomic E-state index is 11.8. The van der Waals surface area contributed by atoms with Gasteiger partial charge in [-0.2, -0.15) is 5.10 Å². The number of ether oxygens (including phenoxy) is 2. The van der Waals surface area contributed by atoms with Crippen LogP contribution in [0.25, 0.3) is 0 Å². The number of rotatable bonds is 5. The van der Waals surface area contributed by atoms with Crippen LogP contribution in [0.4, 0.5) is 0 Å². The van der Waals surface area contributed by atoms with Gasteiger partial charge in [0.1, 0.15) is 0 Å². The van der Waals surface area contributed by atoms with E-state index in [-0.39, 0.29) is 18.2 Å². The molecule has 0 spiro atoms. The summed E-state index contributed by atoms with van der Waals surface area (Å²) in [5.74, 6) is 0.109. The molecule has 0 aromatic heterocycles. The number of carbonyl (C=O) groups excluding carboxylic acids is 1. The molecule has 0 radical (unpaired) electrons. The molecule has 1 heterocycles. The number of halogens is 2. The summed E-state index contributed by atoms with van der Waals surface area (Å²) in [5, 5.41) is 13.8. The van der Waals surface area contributed by atoms with Crippen LogP contribution in [0.2, 0.25) is 0 Å². The molecule has 2 rings (SSSR count). The second-order valence-corrected chi connectivity index (χ2v) is 6.41. The molecule has 0 saturated carbocycles. The van der Waals surface area contributed by atoms with E-state index in [1.165, 1.54) is 13.3 Å². The number of nitrogens with one attached hydrogen (secondary N) is 1. The highest BCUT2D eigenvalue weighted by Gasteiger charge is 2.15. The highest BCUT2D eigenvalue weighted by atomic mass is 79.9. The number of hydrogen-bond donors (Lipinski definition) is 2. The number of morpholine rings is 1. The minimum Gasteiger partial charge on any atom is -0.503 e. The van der Waals surface area contributed by atoms with Crippen molar-refractivity contribution in [2.45, 2.75) is 0 Å². The summed E-state index contributed by atoms with van der Waals surface area (Å²) in [4.78, 5) is 13.8. The molecule has 7 nitrogen and oxygen atoms in total. The fourth-order valence-corrected chi connectivity index (χ4v) is 2.86. The predicted molar refractivity (Wildman–Crippen MR) is 93.1 cm³/mol. The summed E-state index contributed by atoms with van der Waals surface area (Å²) in [6.45, 7) is 3.05. The monoisotopic (exact) mass is 449 g/mol. The van der Waals surface area contributed by atoms with Crippen LogP contribution < -0.4 is 10.2 Å². The lowest BCUT2D eigenvalue weighted by molar-refractivity contribution is -0.123. The van der Waals surface area contributed by atoms with Crippen molar-refractivity contribution >= 4 is 44.0 Å². The number of benzene rings is 1. The first-order valence-electron chi connectivity index (χ1n) is 6.90. The minimum absolute atomic E-state index is 0.00659. The van der Waals surface area contributed by atoms with Crippen LogP contribution >= 0.6 is 31.9 Å². The van der Waals surface area contributed by atoms with Crippen molar-refractivity contribution in [1.82, 2.24) is 10.3 Å². The zero-order valence-electron chi connectivity index (χ0n) is 12.5. The van der Waals surface area contributed by atoms with E-state index >= 15 is 0 Å². The summed E-state index contributed by atoms with van der Waals surface area (Å²) >= 11 is 6.62. The van der Waals surface area contributed by atoms with Crippen LogP contribution in [0.15, 0.2) is 20.1 Å². The first-order chi connectivity index (χ1) is 11.0. The quantitative estimate of drug-likeness (QED) is 0.527. The number of phenolic OH excluding ortho intramolecular Hbond substituents is 1. The Morgan fingerprint density at radius 1 is 1.48 bits per heavy atom. The third kappa shape index (κ3) is 4.90. The van der Waals surface area contributed by atoms with Gasteiger partial charge in [-0.3, -0.25) is 9.69 Å². The van der Waals surface area contributed by atoms with Gasteiger partial charge in [0, 0.05) is 23.1 Å². The minimum atomic E-state index is -0.191. The SMILES string of the molecule is COc1cc(/C=N/NC(=O)CN2CCOCC2)c(Br)c(Br)c1O.